The number of fused-ring (bicyclic) bond motifs is 1. The SMILES string of the molecule is O=C(CN1CCC(c2nnc3n2CCC3)CC1)NCc1ccccc1. The summed E-state index contributed by atoms with van der Waals surface area (Å²) in [5.41, 5.74) is 1.13. The summed E-state index contributed by atoms with van der Waals surface area (Å²) in [5.74, 6) is 2.91. The summed E-state index contributed by atoms with van der Waals surface area (Å²) in [6.45, 7) is 4.05. The predicted molar refractivity (Wildman–Crippen MR) is 95.0 cm³/mol. The van der Waals surface area contributed by atoms with Gasteiger partial charge in [-0.05, 0) is 37.9 Å². The van der Waals surface area contributed by atoms with Crippen molar-refractivity contribution in [3.8, 4) is 0 Å². The monoisotopic (exact) mass is 339 g/mol. The number of carbonyl (C=O) groups excluding carboxylic acids is 1. The van der Waals surface area contributed by atoms with Crippen LogP contribution >= 0.6 is 0 Å². The summed E-state index contributed by atoms with van der Waals surface area (Å²) < 4.78 is 2.31. The predicted octanol–water partition coefficient (Wildman–Crippen LogP) is 1.72. The molecule has 1 fully saturated rings. The quantitative estimate of drug-likeness (QED) is 0.901. The van der Waals surface area contributed by atoms with E-state index in [9.17, 15) is 4.79 Å². The third-order valence-corrected chi connectivity index (χ3v) is 5.29. The highest BCUT2D eigenvalue weighted by Gasteiger charge is 2.28. The van der Waals surface area contributed by atoms with Crippen LogP contribution in [0, 0.1) is 0 Å². The van der Waals surface area contributed by atoms with Gasteiger partial charge in [0.2, 0.25) is 5.91 Å². The Labute approximate surface area is 148 Å². The van der Waals surface area contributed by atoms with Crippen molar-refractivity contribution >= 4 is 5.91 Å². The smallest absolute Gasteiger partial charge is 0.234 e. The number of aryl methyl sites for hydroxylation is 1. The van der Waals surface area contributed by atoms with Crippen molar-refractivity contribution in [3.63, 3.8) is 0 Å². The maximum absolute atomic E-state index is 12.2. The first-order valence-electron chi connectivity index (χ1n) is 9.24. The van der Waals surface area contributed by atoms with Gasteiger partial charge in [0, 0.05) is 25.4 Å². The van der Waals surface area contributed by atoms with Gasteiger partial charge in [-0.2, -0.15) is 0 Å². The summed E-state index contributed by atoms with van der Waals surface area (Å²) in [5, 5.41) is 11.8. The van der Waals surface area contributed by atoms with Crippen LogP contribution in [-0.4, -0.2) is 45.2 Å². The molecule has 2 aliphatic rings. The molecule has 1 aromatic heterocycles. The topological polar surface area (TPSA) is 63.1 Å². The first-order valence-corrected chi connectivity index (χ1v) is 9.24. The highest BCUT2D eigenvalue weighted by atomic mass is 16.2. The molecule has 2 aromatic rings. The first kappa shape index (κ1) is 16.3. The van der Waals surface area contributed by atoms with E-state index in [1.54, 1.807) is 0 Å². The molecule has 3 heterocycles. The lowest BCUT2D eigenvalue weighted by Crippen LogP contribution is -2.41. The molecule has 0 atom stereocenters. The first-order chi connectivity index (χ1) is 12.3. The molecule has 1 amide bonds. The molecule has 132 valence electrons. The average Bonchev–Trinajstić information content (AvgIpc) is 3.25. The molecular formula is C19H25N5O. The molecule has 6 nitrogen and oxygen atoms in total. The number of amides is 1. The van der Waals surface area contributed by atoms with Gasteiger partial charge < -0.3 is 9.88 Å². The summed E-state index contributed by atoms with van der Waals surface area (Å²) in [6.07, 6.45) is 4.37. The highest BCUT2D eigenvalue weighted by molar-refractivity contribution is 5.78. The van der Waals surface area contributed by atoms with Crippen LogP contribution in [0.5, 0.6) is 0 Å². The second-order valence-electron chi connectivity index (χ2n) is 7.04. The molecule has 1 saturated heterocycles. The molecule has 6 heteroatoms. The maximum atomic E-state index is 12.2. The highest BCUT2D eigenvalue weighted by Crippen LogP contribution is 2.29. The molecule has 4 rings (SSSR count). The van der Waals surface area contributed by atoms with Crippen molar-refractivity contribution < 1.29 is 4.79 Å². The summed E-state index contributed by atoms with van der Waals surface area (Å²) in [6, 6.07) is 10.0. The van der Waals surface area contributed by atoms with Crippen LogP contribution in [0.3, 0.4) is 0 Å². The fourth-order valence-corrected chi connectivity index (χ4v) is 3.88. The van der Waals surface area contributed by atoms with Gasteiger partial charge in [0.15, 0.2) is 0 Å². The van der Waals surface area contributed by atoms with E-state index < -0.39 is 0 Å². The fraction of sp³-hybridized carbons (Fsp3) is 0.526. The van der Waals surface area contributed by atoms with E-state index in [2.05, 4.69) is 25.0 Å². The minimum atomic E-state index is 0.102. The number of aromatic nitrogens is 3. The molecule has 0 bridgehead atoms. The number of nitrogens with zero attached hydrogens (tertiary/aromatic N) is 4. The number of nitrogens with one attached hydrogen (secondary N) is 1. The van der Waals surface area contributed by atoms with E-state index in [1.807, 2.05) is 30.3 Å². The maximum Gasteiger partial charge on any atom is 0.234 e. The molecule has 25 heavy (non-hydrogen) atoms. The number of piperidine rings is 1. The van der Waals surface area contributed by atoms with Crippen LogP contribution in [0.1, 0.15) is 42.4 Å². The minimum Gasteiger partial charge on any atom is -0.351 e. The number of carbonyl (C=O) groups is 1. The van der Waals surface area contributed by atoms with E-state index in [1.165, 1.54) is 12.2 Å². The van der Waals surface area contributed by atoms with Crippen LogP contribution in [0.15, 0.2) is 30.3 Å². The Morgan fingerprint density at radius 2 is 1.92 bits per heavy atom. The standard InChI is InChI=1S/C19H25N5O/c25-18(20-13-15-5-2-1-3-6-15)14-23-11-8-16(9-12-23)19-22-21-17-7-4-10-24(17)19/h1-3,5-6,16H,4,7-14H2,(H,20,25). The zero-order valence-corrected chi connectivity index (χ0v) is 14.5. The van der Waals surface area contributed by atoms with Crippen molar-refractivity contribution in [3.05, 3.63) is 47.5 Å². The number of rotatable bonds is 5. The molecule has 0 saturated carbocycles. The van der Waals surface area contributed by atoms with Crippen molar-refractivity contribution in [1.82, 2.24) is 25.0 Å². The van der Waals surface area contributed by atoms with E-state index in [0.29, 0.717) is 19.0 Å². The molecule has 0 radical (unpaired) electrons. The van der Waals surface area contributed by atoms with Crippen LogP contribution in [-0.2, 0) is 24.3 Å². The molecule has 1 aromatic carbocycles. The number of likely N-dealkylation sites (tertiary alicyclic amines) is 1. The van der Waals surface area contributed by atoms with Gasteiger partial charge >= 0.3 is 0 Å². The summed E-state index contributed by atoms with van der Waals surface area (Å²) in [4.78, 5) is 14.4. The lowest BCUT2D eigenvalue weighted by Gasteiger charge is -2.31. The Morgan fingerprint density at radius 1 is 1.12 bits per heavy atom. The summed E-state index contributed by atoms with van der Waals surface area (Å²) >= 11 is 0. The van der Waals surface area contributed by atoms with Crippen LogP contribution in [0.2, 0.25) is 0 Å². The fourth-order valence-electron chi connectivity index (χ4n) is 3.88. The zero-order chi connectivity index (χ0) is 17.1. The molecule has 0 aliphatic carbocycles. The second-order valence-corrected chi connectivity index (χ2v) is 7.04. The van der Waals surface area contributed by atoms with Crippen LogP contribution in [0.25, 0.3) is 0 Å². The molecule has 0 spiro atoms. The Morgan fingerprint density at radius 3 is 2.72 bits per heavy atom. The van der Waals surface area contributed by atoms with Gasteiger partial charge in [-0.15, -0.1) is 10.2 Å². The van der Waals surface area contributed by atoms with Crippen LogP contribution in [0.4, 0.5) is 0 Å². The van der Waals surface area contributed by atoms with Crippen molar-refractivity contribution in [2.45, 2.75) is 44.7 Å². The van der Waals surface area contributed by atoms with Gasteiger partial charge in [0.05, 0.1) is 6.54 Å². The van der Waals surface area contributed by atoms with E-state index >= 15 is 0 Å². The minimum absolute atomic E-state index is 0.102. The Kier molecular flexibility index (Phi) is 4.78. The average molecular weight is 339 g/mol. The molecular weight excluding hydrogens is 314 g/mol. The summed E-state index contributed by atoms with van der Waals surface area (Å²) in [7, 11) is 0. The van der Waals surface area contributed by atoms with Gasteiger partial charge in [0.25, 0.3) is 0 Å². The third-order valence-electron chi connectivity index (χ3n) is 5.29. The van der Waals surface area contributed by atoms with Crippen molar-refractivity contribution in [2.24, 2.45) is 0 Å². The Hall–Kier alpha value is -2.21. The van der Waals surface area contributed by atoms with E-state index in [0.717, 1.165) is 50.3 Å². The molecule has 1 N–H and O–H groups in total. The third kappa shape index (κ3) is 3.74. The van der Waals surface area contributed by atoms with E-state index in [4.69, 9.17) is 0 Å². The van der Waals surface area contributed by atoms with Crippen molar-refractivity contribution in [2.75, 3.05) is 19.6 Å². The van der Waals surface area contributed by atoms with Crippen molar-refractivity contribution in [1.29, 1.82) is 0 Å². The lowest BCUT2D eigenvalue weighted by atomic mass is 9.96. The van der Waals surface area contributed by atoms with Crippen LogP contribution < -0.4 is 5.32 Å². The Bertz CT molecular complexity index is 719. The van der Waals surface area contributed by atoms with E-state index in [-0.39, 0.29) is 5.91 Å². The van der Waals surface area contributed by atoms with Gasteiger partial charge in [-0.3, -0.25) is 9.69 Å². The molecule has 0 unspecified atom stereocenters. The number of hydrogen-bond donors (Lipinski definition) is 1. The molecule has 2 aliphatic heterocycles. The van der Waals surface area contributed by atoms with Gasteiger partial charge in [-0.25, -0.2) is 0 Å². The van der Waals surface area contributed by atoms with Gasteiger partial charge in [-0.1, -0.05) is 30.3 Å². The largest absolute Gasteiger partial charge is 0.351 e. The second kappa shape index (κ2) is 7.35. The van der Waals surface area contributed by atoms with Gasteiger partial charge in [0.1, 0.15) is 11.6 Å². The normalized spacial score (nSPS) is 18.2. The Balaban J connectivity index is 1.24. The lowest BCUT2D eigenvalue weighted by molar-refractivity contribution is -0.122. The number of hydrogen-bond acceptors (Lipinski definition) is 4. The zero-order valence-electron chi connectivity index (χ0n) is 14.5. The number of benzene rings is 1.